The van der Waals surface area contributed by atoms with Crippen LogP contribution in [0.4, 0.5) is 11.4 Å². The molecular formula is C18H23ClN2O2. The first-order valence-electron chi connectivity index (χ1n) is 7.29. The van der Waals surface area contributed by atoms with Gasteiger partial charge in [0, 0.05) is 17.8 Å². The third kappa shape index (κ3) is 5.18. The van der Waals surface area contributed by atoms with Crippen molar-refractivity contribution in [3.8, 4) is 5.75 Å². The Balaban J connectivity index is 0.00000264. The van der Waals surface area contributed by atoms with Gasteiger partial charge in [-0.05, 0) is 48.2 Å². The van der Waals surface area contributed by atoms with Gasteiger partial charge in [0.15, 0.2) is 0 Å². The van der Waals surface area contributed by atoms with Crippen LogP contribution in [0.1, 0.15) is 30.4 Å². The molecule has 2 aromatic carbocycles. The second-order valence-electron chi connectivity index (χ2n) is 5.50. The number of hydrogen-bond donors (Lipinski definition) is 2. The minimum absolute atomic E-state index is 0. The number of carbonyl (C=O) groups is 1. The number of anilines is 2. The monoisotopic (exact) mass is 334 g/mol. The minimum atomic E-state index is -0.0166. The summed E-state index contributed by atoms with van der Waals surface area (Å²) in [6.45, 7) is 3.98. The maximum atomic E-state index is 12.2. The number of benzene rings is 2. The lowest BCUT2D eigenvalue weighted by Crippen LogP contribution is -2.15. The minimum Gasteiger partial charge on any atom is -0.497 e. The van der Waals surface area contributed by atoms with Crippen LogP contribution in [0.3, 0.4) is 0 Å². The second kappa shape index (κ2) is 8.44. The van der Waals surface area contributed by atoms with Gasteiger partial charge in [-0.15, -0.1) is 12.4 Å². The Morgan fingerprint density at radius 2 is 1.87 bits per heavy atom. The van der Waals surface area contributed by atoms with E-state index in [1.807, 2.05) is 50.2 Å². The average Bonchev–Trinajstić information content (AvgIpc) is 2.51. The molecule has 0 radical (unpaired) electrons. The maximum Gasteiger partial charge on any atom is 0.224 e. The topological polar surface area (TPSA) is 64.3 Å². The second-order valence-corrected chi connectivity index (χ2v) is 5.50. The van der Waals surface area contributed by atoms with E-state index in [9.17, 15) is 4.79 Å². The molecule has 1 amide bonds. The summed E-state index contributed by atoms with van der Waals surface area (Å²) in [5, 5.41) is 2.93. The maximum absolute atomic E-state index is 12.2. The van der Waals surface area contributed by atoms with Crippen molar-refractivity contribution in [1.29, 1.82) is 0 Å². The Morgan fingerprint density at radius 3 is 2.48 bits per heavy atom. The number of nitrogens with one attached hydrogen (secondary N) is 1. The van der Waals surface area contributed by atoms with Crippen LogP contribution >= 0.6 is 12.4 Å². The smallest absolute Gasteiger partial charge is 0.224 e. The highest BCUT2D eigenvalue weighted by Gasteiger charge is 2.12. The van der Waals surface area contributed by atoms with Gasteiger partial charge in [0.05, 0.1) is 7.11 Å². The molecule has 0 saturated heterocycles. The van der Waals surface area contributed by atoms with Crippen molar-refractivity contribution in [1.82, 2.24) is 0 Å². The van der Waals surface area contributed by atoms with Crippen molar-refractivity contribution in [3.05, 3.63) is 53.6 Å². The first-order chi connectivity index (χ1) is 10.5. The van der Waals surface area contributed by atoms with Gasteiger partial charge in [0.1, 0.15) is 5.75 Å². The molecule has 0 aliphatic heterocycles. The van der Waals surface area contributed by atoms with Gasteiger partial charge in [-0.1, -0.05) is 25.1 Å². The van der Waals surface area contributed by atoms with E-state index < -0.39 is 0 Å². The van der Waals surface area contributed by atoms with E-state index in [2.05, 4.69) is 5.32 Å². The fourth-order valence-corrected chi connectivity index (χ4v) is 2.30. The number of halogens is 1. The van der Waals surface area contributed by atoms with Gasteiger partial charge in [-0.3, -0.25) is 4.79 Å². The third-order valence-corrected chi connectivity index (χ3v) is 3.71. The standard InChI is InChI=1S/C18H22N2O2.ClH/c1-12-4-7-15(19)11-17(12)20-18(21)10-13(2)14-5-8-16(22-3)9-6-14;/h4-9,11,13H,10,19H2,1-3H3,(H,20,21);1H. The molecule has 0 saturated carbocycles. The zero-order chi connectivity index (χ0) is 16.1. The molecule has 1 unspecified atom stereocenters. The summed E-state index contributed by atoms with van der Waals surface area (Å²) in [5.41, 5.74) is 9.28. The van der Waals surface area contributed by atoms with Gasteiger partial charge >= 0.3 is 0 Å². The molecule has 23 heavy (non-hydrogen) atoms. The Bertz CT molecular complexity index is 657. The molecule has 0 fully saturated rings. The molecule has 4 nitrogen and oxygen atoms in total. The molecule has 5 heteroatoms. The number of nitrogen functional groups attached to an aromatic ring is 1. The first-order valence-corrected chi connectivity index (χ1v) is 7.29. The Kier molecular flexibility index (Phi) is 6.91. The lowest BCUT2D eigenvalue weighted by molar-refractivity contribution is -0.116. The van der Waals surface area contributed by atoms with Gasteiger partial charge in [-0.2, -0.15) is 0 Å². The highest BCUT2D eigenvalue weighted by molar-refractivity contribution is 5.92. The summed E-state index contributed by atoms with van der Waals surface area (Å²) in [7, 11) is 1.64. The molecule has 0 aliphatic rings. The number of ether oxygens (including phenoxy) is 1. The zero-order valence-electron chi connectivity index (χ0n) is 13.6. The summed E-state index contributed by atoms with van der Waals surface area (Å²) in [5.74, 6) is 0.931. The van der Waals surface area contributed by atoms with Crippen LogP contribution in [0.15, 0.2) is 42.5 Å². The van der Waals surface area contributed by atoms with Crippen LogP contribution in [-0.2, 0) is 4.79 Å². The number of carbonyl (C=O) groups excluding carboxylic acids is 1. The lowest BCUT2D eigenvalue weighted by Gasteiger charge is -2.14. The highest BCUT2D eigenvalue weighted by atomic mass is 35.5. The average molecular weight is 335 g/mol. The van der Waals surface area contributed by atoms with E-state index >= 15 is 0 Å². The number of methoxy groups -OCH3 is 1. The highest BCUT2D eigenvalue weighted by Crippen LogP contribution is 2.23. The first kappa shape index (κ1) is 18.8. The molecule has 124 valence electrons. The number of amides is 1. The lowest BCUT2D eigenvalue weighted by atomic mass is 9.97. The predicted octanol–water partition coefficient (Wildman–Crippen LogP) is 4.14. The van der Waals surface area contributed by atoms with E-state index in [4.69, 9.17) is 10.5 Å². The largest absolute Gasteiger partial charge is 0.497 e. The summed E-state index contributed by atoms with van der Waals surface area (Å²) >= 11 is 0. The van der Waals surface area contributed by atoms with Crippen molar-refractivity contribution in [3.63, 3.8) is 0 Å². The van der Waals surface area contributed by atoms with Crippen molar-refractivity contribution in [2.45, 2.75) is 26.2 Å². The summed E-state index contributed by atoms with van der Waals surface area (Å²) < 4.78 is 5.14. The summed E-state index contributed by atoms with van der Waals surface area (Å²) in [4.78, 5) is 12.2. The molecule has 0 bridgehead atoms. The number of rotatable bonds is 5. The van der Waals surface area contributed by atoms with Crippen LogP contribution in [0.5, 0.6) is 5.75 Å². The number of nitrogens with two attached hydrogens (primary N) is 1. The summed E-state index contributed by atoms with van der Waals surface area (Å²) in [6, 6.07) is 13.3. The van der Waals surface area contributed by atoms with Crippen LogP contribution in [-0.4, -0.2) is 13.0 Å². The molecule has 0 aliphatic carbocycles. The van der Waals surface area contributed by atoms with Gasteiger partial charge < -0.3 is 15.8 Å². The van der Waals surface area contributed by atoms with Crippen molar-refractivity contribution < 1.29 is 9.53 Å². The molecule has 0 spiro atoms. The molecule has 3 N–H and O–H groups in total. The van der Waals surface area contributed by atoms with Gasteiger partial charge in [-0.25, -0.2) is 0 Å². The van der Waals surface area contributed by atoms with E-state index in [0.29, 0.717) is 12.1 Å². The van der Waals surface area contributed by atoms with Crippen LogP contribution in [0, 0.1) is 6.92 Å². The van der Waals surface area contributed by atoms with Crippen molar-refractivity contribution in [2.75, 3.05) is 18.2 Å². The summed E-state index contributed by atoms with van der Waals surface area (Å²) in [6.07, 6.45) is 0.417. The fourth-order valence-electron chi connectivity index (χ4n) is 2.30. The molecule has 2 aromatic rings. The molecule has 0 heterocycles. The van der Waals surface area contributed by atoms with Gasteiger partial charge in [0.2, 0.25) is 5.91 Å². The van der Waals surface area contributed by atoms with E-state index in [0.717, 1.165) is 22.6 Å². The normalized spacial score (nSPS) is 11.3. The van der Waals surface area contributed by atoms with Gasteiger partial charge in [0.25, 0.3) is 0 Å². The molecule has 2 rings (SSSR count). The molecule has 1 atom stereocenters. The van der Waals surface area contributed by atoms with Crippen LogP contribution in [0.2, 0.25) is 0 Å². The molecule has 0 aromatic heterocycles. The van der Waals surface area contributed by atoms with Crippen molar-refractivity contribution >= 4 is 29.7 Å². The Morgan fingerprint density at radius 1 is 1.22 bits per heavy atom. The zero-order valence-corrected chi connectivity index (χ0v) is 14.4. The van der Waals surface area contributed by atoms with Crippen LogP contribution in [0.25, 0.3) is 0 Å². The van der Waals surface area contributed by atoms with Crippen LogP contribution < -0.4 is 15.8 Å². The Labute approximate surface area is 143 Å². The number of aryl methyl sites for hydroxylation is 1. The van der Waals surface area contributed by atoms with E-state index in [1.54, 1.807) is 13.2 Å². The van der Waals surface area contributed by atoms with Crippen molar-refractivity contribution in [2.24, 2.45) is 0 Å². The predicted molar refractivity (Wildman–Crippen MR) is 97.5 cm³/mol. The SMILES string of the molecule is COc1ccc(C(C)CC(=O)Nc2cc(N)ccc2C)cc1.Cl. The third-order valence-electron chi connectivity index (χ3n) is 3.71. The quantitative estimate of drug-likeness (QED) is 0.808. The Hall–Kier alpha value is -2.20. The fraction of sp³-hybridized carbons (Fsp3) is 0.278. The molecular weight excluding hydrogens is 312 g/mol. The van der Waals surface area contributed by atoms with E-state index in [1.165, 1.54) is 0 Å². The number of hydrogen-bond acceptors (Lipinski definition) is 3. The van der Waals surface area contributed by atoms with E-state index in [-0.39, 0.29) is 24.2 Å².